The van der Waals surface area contributed by atoms with Gasteiger partial charge in [0.15, 0.2) is 0 Å². The van der Waals surface area contributed by atoms with Gasteiger partial charge in [-0.3, -0.25) is 38.6 Å². The fourth-order valence-corrected chi connectivity index (χ4v) is 14.2. The summed E-state index contributed by atoms with van der Waals surface area (Å²) in [5.41, 5.74) is 3.11. The first-order chi connectivity index (χ1) is 48.8. The third-order valence-corrected chi connectivity index (χ3v) is 19.5. The van der Waals surface area contributed by atoms with Crippen molar-refractivity contribution >= 4 is 78.5 Å². The van der Waals surface area contributed by atoms with Gasteiger partial charge in [0.1, 0.15) is 58.1 Å². The Kier molecular flexibility index (Phi) is 18.0. The Balaban J connectivity index is 1.22. The molecule has 11 aromatic rings. The molecule has 11 aromatic carbocycles. The fraction of sp³-hybridized carbons (Fsp3) is 0.311. The van der Waals surface area contributed by atoms with Gasteiger partial charge in [-0.1, -0.05) is 192 Å². The molecule has 0 saturated heterocycles. The van der Waals surface area contributed by atoms with E-state index in [0.717, 1.165) is 32.1 Å². The summed E-state index contributed by atoms with van der Waals surface area (Å²) in [7, 11) is 0. The van der Waals surface area contributed by atoms with Gasteiger partial charge in [0.2, 0.25) is 11.8 Å². The predicted molar refractivity (Wildman–Crippen MR) is 413 cm³/mol. The predicted octanol–water partition coefficient (Wildman–Crippen LogP) is 20.3. The Hall–Kier alpha value is -10.9. The van der Waals surface area contributed by atoms with Crippen LogP contribution in [-0.2, 0) is 44.1 Å². The van der Waals surface area contributed by atoms with E-state index in [-0.39, 0.29) is 90.5 Å². The van der Waals surface area contributed by atoms with Crippen molar-refractivity contribution in [3.63, 3.8) is 0 Å². The molecule has 2 unspecified atom stereocenters. The summed E-state index contributed by atoms with van der Waals surface area (Å²) in [5.74, 6) is -2.14. The number of rotatable bonds is 16. The van der Waals surface area contributed by atoms with Gasteiger partial charge in [-0.05, 0) is 169 Å². The van der Waals surface area contributed by atoms with Crippen molar-refractivity contribution in [1.82, 2.24) is 20.4 Å². The minimum Gasteiger partial charge on any atom is -0.457 e. The number of fused-ring (bicyclic) bond motifs is 2. The first-order valence-electron chi connectivity index (χ1n) is 35.8. The highest BCUT2D eigenvalue weighted by Crippen LogP contribution is 2.58. The molecule has 532 valence electrons. The summed E-state index contributed by atoms with van der Waals surface area (Å²) in [6, 6.07) is 53.2. The van der Waals surface area contributed by atoms with Gasteiger partial charge in [-0.25, -0.2) is 0 Å². The molecule has 2 aliphatic rings. The van der Waals surface area contributed by atoms with Gasteiger partial charge >= 0.3 is 0 Å². The highest BCUT2D eigenvalue weighted by atomic mass is 16.5. The van der Waals surface area contributed by atoms with Crippen LogP contribution in [0.2, 0.25) is 0 Å². The summed E-state index contributed by atoms with van der Waals surface area (Å²) < 4.78 is 29.6. The molecule has 104 heavy (non-hydrogen) atoms. The number of hydrogen-bond acceptors (Lipinski definition) is 10. The zero-order valence-electron chi connectivity index (χ0n) is 62.9. The van der Waals surface area contributed by atoms with E-state index >= 15 is 28.8 Å². The second-order valence-electron chi connectivity index (χ2n) is 34.0. The van der Waals surface area contributed by atoms with Crippen LogP contribution in [0.15, 0.2) is 182 Å². The number of nitrogens with one attached hydrogen (secondary N) is 2. The molecule has 0 spiro atoms. The van der Waals surface area contributed by atoms with Crippen molar-refractivity contribution in [2.75, 3.05) is 0 Å². The number of carbonyl (C=O) groups is 6. The molecule has 0 saturated carbocycles. The molecule has 2 atom stereocenters. The van der Waals surface area contributed by atoms with Crippen LogP contribution in [0.4, 0.5) is 0 Å². The van der Waals surface area contributed by atoms with E-state index in [1.54, 1.807) is 24.3 Å². The first-order valence-corrected chi connectivity index (χ1v) is 35.8. The topological polar surface area (TPSA) is 170 Å². The first kappa shape index (κ1) is 71.5. The van der Waals surface area contributed by atoms with Crippen LogP contribution in [0.1, 0.15) is 199 Å². The lowest BCUT2D eigenvalue weighted by Crippen LogP contribution is -2.57. The van der Waals surface area contributed by atoms with Crippen molar-refractivity contribution < 1.29 is 47.7 Å². The normalized spacial score (nSPS) is 14.4. The van der Waals surface area contributed by atoms with Crippen molar-refractivity contribution in [1.29, 1.82) is 0 Å². The second-order valence-corrected chi connectivity index (χ2v) is 34.0. The molecular formula is C90H92N4O10. The van der Waals surface area contributed by atoms with Gasteiger partial charge in [-0.15, -0.1) is 0 Å². The molecule has 2 N–H and O–H groups in total. The maximum atomic E-state index is 16.6. The Labute approximate surface area is 609 Å². The Morgan fingerprint density at radius 2 is 0.529 bits per heavy atom. The van der Waals surface area contributed by atoms with E-state index in [4.69, 9.17) is 18.9 Å². The zero-order valence-corrected chi connectivity index (χ0v) is 62.9. The van der Waals surface area contributed by atoms with Crippen LogP contribution in [0.3, 0.4) is 0 Å². The van der Waals surface area contributed by atoms with Gasteiger partial charge in [0, 0.05) is 67.0 Å². The van der Waals surface area contributed by atoms with E-state index in [2.05, 4.69) is 93.7 Å². The number of amides is 6. The van der Waals surface area contributed by atoms with E-state index in [9.17, 15) is 0 Å². The standard InChI is InChI=1S/C90H92N4O10/c1-85(2,3)53-29-37-57(38-30-53)101-67-47-61-71-62(82(98)93(81(61)97)65(79(95)91-89(13,14)15)45-51-25-21-19-22-26-51)49-69(103-59-41-33-55(34-42-59)87(7,8)9)75-76-70(104-60-43-35-56(36-44-60)88(10,11)12)50-64-72-63(83(99)94(84(64)100)66(80(96)92-90(16,17)18)46-52-27-23-20-24-28-52)48-68(74(78(72)76)73(67)77(71)75)102-58-39-31-54(32-40-58)86(4,5)6/h19-44,47-50,65-66H,45-46H2,1-18H3,(H,91,95)(H,92,96). The van der Waals surface area contributed by atoms with Crippen LogP contribution in [0.25, 0.3) is 43.1 Å². The number of carbonyl (C=O) groups excluding carboxylic acids is 6. The zero-order chi connectivity index (χ0) is 74.7. The minimum absolute atomic E-state index is 0.0279. The summed E-state index contributed by atoms with van der Waals surface area (Å²) in [6.45, 7) is 36.5. The van der Waals surface area contributed by atoms with Crippen LogP contribution < -0.4 is 29.6 Å². The average Bonchev–Trinajstić information content (AvgIpc) is 0.670. The molecular weight excluding hydrogens is 1300 g/mol. The Morgan fingerprint density at radius 3 is 0.731 bits per heavy atom. The number of hydrogen-bond donors (Lipinski definition) is 2. The monoisotopic (exact) mass is 1390 g/mol. The van der Waals surface area contributed by atoms with E-state index in [0.29, 0.717) is 66.4 Å². The summed E-state index contributed by atoms with van der Waals surface area (Å²) in [5, 5.41) is 8.55. The van der Waals surface area contributed by atoms with Crippen LogP contribution in [-0.4, -0.2) is 68.4 Å². The van der Waals surface area contributed by atoms with Crippen molar-refractivity contribution in [2.45, 2.75) is 182 Å². The van der Waals surface area contributed by atoms with Crippen molar-refractivity contribution in [3.8, 4) is 46.0 Å². The quantitative estimate of drug-likeness (QED) is 0.0539. The highest BCUT2D eigenvalue weighted by Gasteiger charge is 2.47. The van der Waals surface area contributed by atoms with Gasteiger partial charge in [-0.2, -0.15) is 0 Å². The largest absolute Gasteiger partial charge is 0.457 e. The lowest BCUT2D eigenvalue weighted by atomic mass is 9.80. The third-order valence-electron chi connectivity index (χ3n) is 19.5. The SMILES string of the molecule is CC(C)(C)NC(=O)C(Cc1ccccc1)N1C(=O)c2cc(Oc3ccc(C(C)(C)C)cc3)c3c4c(Oc5ccc(C(C)(C)C)cc5)cc5c6c(cc(Oc7ccc(C(C)(C)C)cc7)c(c7c(Oc8ccc(C(C)(C)C)cc8)cc(c2c37)C1=O)c64)C(=O)N(C(Cc1ccccc1)C(=O)NC(C)(C)C)C5=O. The number of nitrogens with zero attached hydrogens (tertiary/aromatic N) is 2. The number of imide groups is 2. The maximum absolute atomic E-state index is 16.6. The molecule has 13 rings (SSSR count). The van der Waals surface area contributed by atoms with Gasteiger partial charge in [0.05, 0.1) is 22.3 Å². The minimum atomic E-state index is -1.37. The summed E-state index contributed by atoms with van der Waals surface area (Å²) in [4.78, 5) is 98.7. The third kappa shape index (κ3) is 13.9. The molecule has 0 aromatic heterocycles. The van der Waals surface area contributed by atoms with Crippen LogP contribution in [0.5, 0.6) is 46.0 Å². The lowest BCUT2D eigenvalue weighted by Gasteiger charge is -2.37. The Bertz CT molecular complexity index is 4660. The smallest absolute Gasteiger partial charge is 0.262 e. The van der Waals surface area contributed by atoms with E-state index in [1.165, 1.54) is 0 Å². The molecule has 14 nitrogen and oxygen atoms in total. The van der Waals surface area contributed by atoms with Gasteiger partial charge < -0.3 is 29.6 Å². The van der Waals surface area contributed by atoms with Crippen LogP contribution >= 0.6 is 0 Å². The average molecular weight is 1390 g/mol. The number of benzene rings is 11. The maximum Gasteiger partial charge on any atom is 0.262 e. The molecule has 2 aliphatic heterocycles. The summed E-state index contributed by atoms with van der Waals surface area (Å²) in [6.07, 6.45) is -0.0558. The van der Waals surface area contributed by atoms with Crippen molar-refractivity contribution in [3.05, 3.63) is 238 Å². The highest BCUT2D eigenvalue weighted by molar-refractivity contribution is 6.45. The molecule has 0 fully saturated rings. The molecule has 2 heterocycles. The van der Waals surface area contributed by atoms with E-state index < -0.39 is 58.6 Å². The van der Waals surface area contributed by atoms with Crippen LogP contribution in [0, 0.1) is 0 Å². The summed E-state index contributed by atoms with van der Waals surface area (Å²) >= 11 is 0. The fourth-order valence-electron chi connectivity index (χ4n) is 14.2. The van der Waals surface area contributed by atoms with Crippen molar-refractivity contribution in [2.24, 2.45) is 0 Å². The molecule has 14 heteroatoms. The number of ether oxygens (including phenoxy) is 4. The second kappa shape index (κ2) is 26.1. The molecule has 0 radical (unpaired) electrons. The molecule has 6 amide bonds. The molecule has 0 aliphatic carbocycles. The van der Waals surface area contributed by atoms with Gasteiger partial charge in [0.25, 0.3) is 23.6 Å². The lowest BCUT2D eigenvalue weighted by molar-refractivity contribution is -0.127. The molecule has 0 bridgehead atoms. The Morgan fingerprint density at radius 1 is 0.308 bits per heavy atom. The van der Waals surface area contributed by atoms with E-state index in [1.807, 2.05) is 199 Å².